The molecule has 0 saturated carbocycles. The second-order valence-electron chi connectivity index (χ2n) is 9.42. The van der Waals surface area contributed by atoms with Gasteiger partial charge < -0.3 is 4.90 Å². The Labute approximate surface area is 222 Å². The molecule has 2 N–H and O–H groups in total. The summed E-state index contributed by atoms with van der Waals surface area (Å²) in [6.45, 7) is 9.65. The fourth-order valence-corrected chi connectivity index (χ4v) is 5.36. The van der Waals surface area contributed by atoms with Crippen LogP contribution in [0.15, 0.2) is 94.5 Å². The van der Waals surface area contributed by atoms with Crippen molar-refractivity contribution in [2.24, 2.45) is 0 Å². The van der Waals surface area contributed by atoms with Crippen molar-refractivity contribution >= 4 is 5.69 Å². The van der Waals surface area contributed by atoms with Crippen LogP contribution in [0, 0.1) is 13.8 Å². The number of nitrogens with zero attached hydrogens (tertiary/aromatic N) is 3. The minimum absolute atomic E-state index is 0.167. The predicted molar refractivity (Wildman–Crippen MR) is 153 cm³/mol. The van der Waals surface area contributed by atoms with E-state index in [-0.39, 0.29) is 11.1 Å². The Morgan fingerprint density at radius 2 is 1.08 bits per heavy atom. The van der Waals surface area contributed by atoms with Crippen LogP contribution in [0.4, 0.5) is 5.69 Å². The maximum Gasteiger partial charge on any atom is 0.275 e. The van der Waals surface area contributed by atoms with Gasteiger partial charge >= 0.3 is 0 Å². The molecule has 0 amide bonds. The second-order valence-corrected chi connectivity index (χ2v) is 9.42. The topological polar surface area (TPSA) is 78.8 Å². The molecule has 0 fully saturated rings. The maximum absolute atomic E-state index is 14.1. The Kier molecular flexibility index (Phi) is 6.92. The summed E-state index contributed by atoms with van der Waals surface area (Å²) in [6.07, 6.45) is 0. The van der Waals surface area contributed by atoms with Gasteiger partial charge in [0.25, 0.3) is 11.1 Å². The number of anilines is 1. The molecule has 7 heteroatoms. The van der Waals surface area contributed by atoms with Crippen LogP contribution in [0.5, 0.6) is 0 Å². The Morgan fingerprint density at radius 3 is 1.53 bits per heavy atom. The third-order valence-electron chi connectivity index (χ3n) is 7.19. The lowest BCUT2D eigenvalue weighted by Gasteiger charge is -2.27. The summed E-state index contributed by atoms with van der Waals surface area (Å²) >= 11 is 0. The molecule has 0 aliphatic heterocycles. The van der Waals surface area contributed by atoms with Crippen molar-refractivity contribution in [3.63, 3.8) is 0 Å². The summed E-state index contributed by atoms with van der Waals surface area (Å²) in [4.78, 5) is 30.5. The van der Waals surface area contributed by atoms with Gasteiger partial charge in [0.15, 0.2) is 0 Å². The molecule has 7 nitrogen and oxygen atoms in total. The van der Waals surface area contributed by atoms with Crippen molar-refractivity contribution in [3.05, 3.63) is 134 Å². The number of hydrogen-bond donors (Lipinski definition) is 2. The van der Waals surface area contributed by atoms with Crippen LogP contribution in [0.25, 0.3) is 11.4 Å². The summed E-state index contributed by atoms with van der Waals surface area (Å²) < 4.78 is 3.13. The molecule has 3 aromatic carbocycles. The van der Waals surface area contributed by atoms with Crippen LogP contribution >= 0.6 is 0 Å². The molecule has 2 heterocycles. The average Bonchev–Trinajstić information content (AvgIpc) is 3.41. The fraction of sp³-hybridized carbons (Fsp3) is 0.226. The summed E-state index contributed by atoms with van der Waals surface area (Å²) in [6, 6.07) is 27.1. The van der Waals surface area contributed by atoms with Gasteiger partial charge in [0, 0.05) is 30.2 Å². The van der Waals surface area contributed by atoms with Gasteiger partial charge in [-0.25, -0.2) is 9.36 Å². The first-order chi connectivity index (χ1) is 18.5. The van der Waals surface area contributed by atoms with Crippen molar-refractivity contribution in [2.75, 3.05) is 18.0 Å². The molecule has 0 unspecified atom stereocenters. The zero-order chi connectivity index (χ0) is 26.8. The Morgan fingerprint density at radius 1 is 0.658 bits per heavy atom. The van der Waals surface area contributed by atoms with E-state index in [1.54, 1.807) is 9.36 Å². The molecule has 0 aliphatic rings. The highest BCUT2D eigenvalue weighted by Gasteiger charge is 2.32. The van der Waals surface area contributed by atoms with Crippen molar-refractivity contribution in [1.82, 2.24) is 19.6 Å². The van der Waals surface area contributed by atoms with Gasteiger partial charge in [-0.2, -0.15) is 0 Å². The molecule has 0 atom stereocenters. The highest BCUT2D eigenvalue weighted by Crippen LogP contribution is 2.37. The number of aromatic amines is 2. The molecule has 2 aromatic heterocycles. The number of aromatic nitrogens is 4. The molecular weight excluding hydrogens is 474 g/mol. The quantitative estimate of drug-likeness (QED) is 0.300. The second kappa shape index (κ2) is 10.5. The summed E-state index contributed by atoms with van der Waals surface area (Å²) in [7, 11) is 0. The van der Waals surface area contributed by atoms with E-state index in [1.165, 1.54) is 0 Å². The zero-order valence-electron chi connectivity index (χ0n) is 22.2. The number of benzene rings is 3. The Hall–Kier alpha value is -4.52. The molecule has 0 saturated heterocycles. The van der Waals surface area contributed by atoms with Crippen molar-refractivity contribution in [3.8, 4) is 11.4 Å². The number of aryl methyl sites for hydroxylation is 2. The van der Waals surface area contributed by atoms with E-state index in [1.807, 2.05) is 92.7 Å². The predicted octanol–water partition coefficient (Wildman–Crippen LogP) is 5.29. The van der Waals surface area contributed by atoms with Gasteiger partial charge in [0.2, 0.25) is 0 Å². The van der Waals surface area contributed by atoms with Gasteiger partial charge in [-0.05, 0) is 63.6 Å². The van der Waals surface area contributed by atoms with E-state index in [0.717, 1.165) is 47.1 Å². The van der Waals surface area contributed by atoms with Crippen molar-refractivity contribution in [2.45, 2.75) is 33.6 Å². The number of H-pyrrole nitrogens is 2. The highest BCUT2D eigenvalue weighted by atomic mass is 16.1. The van der Waals surface area contributed by atoms with Crippen LogP contribution < -0.4 is 16.0 Å². The minimum atomic E-state index is -0.575. The Balaban J connectivity index is 1.82. The molecule has 0 radical (unpaired) electrons. The first-order valence-electron chi connectivity index (χ1n) is 13.0. The number of para-hydroxylation sites is 3. The van der Waals surface area contributed by atoms with Crippen LogP contribution in [-0.2, 0) is 0 Å². The third kappa shape index (κ3) is 4.30. The standard InChI is InChI=1S/C31H33N5O2/c1-5-34(6-2)26-20-14-13-19-25(26)29(27-21(3)32-35(30(27)37)23-15-9-7-10-16-23)28-22(4)33-36(31(28)38)24-17-11-8-12-18-24/h7-20,29,32-33H,5-6H2,1-4H3. The average molecular weight is 508 g/mol. The molecule has 0 aliphatic carbocycles. The van der Waals surface area contributed by atoms with E-state index in [2.05, 4.69) is 35.0 Å². The van der Waals surface area contributed by atoms with E-state index < -0.39 is 5.92 Å². The third-order valence-corrected chi connectivity index (χ3v) is 7.19. The summed E-state index contributed by atoms with van der Waals surface area (Å²) in [5.74, 6) is -0.575. The lowest BCUT2D eigenvalue weighted by Crippen LogP contribution is -2.28. The smallest absolute Gasteiger partial charge is 0.275 e. The van der Waals surface area contributed by atoms with Gasteiger partial charge in [0.1, 0.15) is 0 Å². The summed E-state index contributed by atoms with van der Waals surface area (Å²) in [5, 5.41) is 6.55. The van der Waals surface area contributed by atoms with Crippen LogP contribution in [0.3, 0.4) is 0 Å². The van der Waals surface area contributed by atoms with Gasteiger partial charge in [-0.15, -0.1) is 0 Å². The first kappa shape index (κ1) is 25.1. The molecule has 194 valence electrons. The van der Waals surface area contributed by atoms with Crippen molar-refractivity contribution in [1.29, 1.82) is 0 Å². The number of nitrogens with one attached hydrogen (secondary N) is 2. The SMILES string of the molecule is CCN(CC)c1ccccc1C(c1c(C)[nH]n(-c2ccccc2)c1=O)c1c(C)[nH]n(-c2ccccc2)c1=O. The summed E-state index contributed by atoms with van der Waals surface area (Å²) in [5.41, 5.74) is 5.67. The molecular formula is C31H33N5O2. The van der Waals surface area contributed by atoms with Gasteiger partial charge in [-0.3, -0.25) is 19.8 Å². The fourth-order valence-electron chi connectivity index (χ4n) is 5.36. The van der Waals surface area contributed by atoms with Gasteiger partial charge in [-0.1, -0.05) is 54.6 Å². The normalized spacial score (nSPS) is 11.3. The Bertz CT molecular complexity index is 1560. The van der Waals surface area contributed by atoms with E-state index >= 15 is 0 Å². The molecule has 0 spiro atoms. The van der Waals surface area contributed by atoms with E-state index in [0.29, 0.717) is 11.1 Å². The highest BCUT2D eigenvalue weighted by molar-refractivity contribution is 5.61. The monoisotopic (exact) mass is 507 g/mol. The van der Waals surface area contributed by atoms with Crippen LogP contribution in [0.2, 0.25) is 0 Å². The van der Waals surface area contributed by atoms with E-state index in [4.69, 9.17) is 0 Å². The minimum Gasteiger partial charge on any atom is -0.372 e. The van der Waals surface area contributed by atoms with Crippen LogP contribution in [-0.4, -0.2) is 32.7 Å². The number of rotatable bonds is 8. The molecule has 5 rings (SSSR count). The lowest BCUT2D eigenvalue weighted by atomic mass is 9.84. The largest absolute Gasteiger partial charge is 0.372 e. The number of hydrogen-bond acceptors (Lipinski definition) is 3. The lowest BCUT2D eigenvalue weighted by molar-refractivity contribution is 0.825. The molecule has 38 heavy (non-hydrogen) atoms. The van der Waals surface area contributed by atoms with E-state index in [9.17, 15) is 9.59 Å². The van der Waals surface area contributed by atoms with Crippen molar-refractivity contribution < 1.29 is 0 Å². The molecule has 5 aromatic rings. The molecule has 0 bridgehead atoms. The van der Waals surface area contributed by atoms with Gasteiger partial charge in [0.05, 0.1) is 28.4 Å². The maximum atomic E-state index is 14.1. The first-order valence-corrected chi connectivity index (χ1v) is 13.0. The zero-order valence-corrected chi connectivity index (χ0v) is 22.2. The van der Waals surface area contributed by atoms with Crippen LogP contribution in [0.1, 0.15) is 47.8 Å².